The molecule has 0 saturated heterocycles. The van der Waals surface area contributed by atoms with Crippen molar-refractivity contribution in [3.63, 3.8) is 0 Å². The van der Waals surface area contributed by atoms with E-state index in [0.717, 1.165) is 38.6 Å². The molecule has 0 bridgehead atoms. The molecule has 1 aromatic carbocycles. The van der Waals surface area contributed by atoms with Gasteiger partial charge < -0.3 is 4.74 Å². The summed E-state index contributed by atoms with van der Waals surface area (Å²) in [5.41, 5.74) is 4.06. The summed E-state index contributed by atoms with van der Waals surface area (Å²) in [6.07, 6.45) is 0.828. The van der Waals surface area contributed by atoms with Gasteiger partial charge in [-0.3, -0.25) is 0 Å². The van der Waals surface area contributed by atoms with Crippen LogP contribution in [-0.2, 0) is 23.5 Å². The lowest BCUT2D eigenvalue weighted by atomic mass is 9.95. The number of nitrogens with zero attached hydrogens (tertiary/aromatic N) is 4. The SMILES string of the molecule is Cc1cc(C)n(-c2nc(SCc3ccc(F)cc3)c3c4c(sc3n2)COC(C)(C)C4)n1. The number of hydrogen-bond donors (Lipinski definition) is 0. The van der Waals surface area contributed by atoms with Crippen molar-refractivity contribution in [2.45, 2.75) is 57.1 Å². The van der Waals surface area contributed by atoms with Crippen LogP contribution < -0.4 is 0 Å². The lowest BCUT2D eigenvalue weighted by molar-refractivity contribution is -0.0379. The summed E-state index contributed by atoms with van der Waals surface area (Å²) in [5.74, 6) is 1.06. The lowest BCUT2D eigenvalue weighted by Gasteiger charge is -2.30. The number of hydrogen-bond acceptors (Lipinski definition) is 6. The minimum Gasteiger partial charge on any atom is -0.370 e. The van der Waals surface area contributed by atoms with E-state index in [1.165, 1.54) is 22.6 Å². The van der Waals surface area contributed by atoms with Crippen LogP contribution in [0.1, 0.15) is 41.2 Å². The van der Waals surface area contributed by atoms with Crippen molar-refractivity contribution in [1.82, 2.24) is 19.7 Å². The average molecular weight is 455 g/mol. The van der Waals surface area contributed by atoms with E-state index in [1.54, 1.807) is 27.8 Å². The van der Waals surface area contributed by atoms with E-state index >= 15 is 0 Å². The largest absolute Gasteiger partial charge is 0.370 e. The summed E-state index contributed by atoms with van der Waals surface area (Å²) < 4.78 is 21.2. The summed E-state index contributed by atoms with van der Waals surface area (Å²) >= 11 is 3.34. The fourth-order valence-corrected chi connectivity index (χ4v) is 6.03. The van der Waals surface area contributed by atoms with Gasteiger partial charge in [-0.2, -0.15) is 10.1 Å². The van der Waals surface area contributed by atoms with Gasteiger partial charge in [-0.15, -0.1) is 23.1 Å². The van der Waals surface area contributed by atoms with Gasteiger partial charge in [0, 0.05) is 28.1 Å². The summed E-state index contributed by atoms with van der Waals surface area (Å²) in [5, 5.41) is 6.64. The number of rotatable bonds is 4. The van der Waals surface area contributed by atoms with Crippen molar-refractivity contribution in [2.75, 3.05) is 0 Å². The minimum atomic E-state index is -0.223. The molecular weight excluding hydrogens is 431 g/mol. The van der Waals surface area contributed by atoms with Crippen LogP contribution in [0.4, 0.5) is 4.39 Å². The van der Waals surface area contributed by atoms with Crippen LogP contribution in [0.2, 0.25) is 0 Å². The third-order valence-corrected chi connectivity index (χ3v) is 7.52. The van der Waals surface area contributed by atoms with Gasteiger partial charge in [-0.25, -0.2) is 14.1 Å². The molecule has 5 rings (SSSR count). The molecule has 0 amide bonds. The maximum atomic E-state index is 13.3. The van der Waals surface area contributed by atoms with Gasteiger partial charge in [-0.05, 0) is 57.0 Å². The van der Waals surface area contributed by atoms with Crippen molar-refractivity contribution >= 4 is 33.3 Å². The third kappa shape index (κ3) is 4.00. The molecular formula is C23H23FN4OS2. The molecule has 3 aromatic heterocycles. The number of fused-ring (bicyclic) bond motifs is 3. The van der Waals surface area contributed by atoms with Gasteiger partial charge in [0.2, 0.25) is 0 Å². The Balaban J connectivity index is 1.63. The highest BCUT2D eigenvalue weighted by atomic mass is 32.2. The maximum Gasteiger partial charge on any atom is 0.253 e. The van der Waals surface area contributed by atoms with Gasteiger partial charge >= 0.3 is 0 Å². The van der Waals surface area contributed by atoms with E-state index in [4.69, 9.17) is 14.7 Å². The van der Waals surface area contributed by atoms with Crippen LogP contribution in [0, 0.1) is 19.7 Å². The van der Waals surface area contributed by atoms with E-state index in [2.05, 4.69) is 18.9 Å². The zero-order valence-corrected chi connectivity index (χ0v) is 19.5. The standard InChI is InChI=1S/C23H23FN4OS2/c1-13-9-14(2)28(27-13)22-25-20(30-12-15-5-7-16(24)8-6-15)19-17-10-23(3,4)29-11-18(17)31-21(19)26-22/h5-9H,10-12H2,1-4H3. The molecule has 0 spiro atoms. The molecule has 160 valence electrons. The number of halogens is 1. The molecule has 1 aliphatic rings. The molecule has 5 nitrogen and oxygen atoms in total. The molecule has 1 aliphatic heterocycles. The Hall–Kier alpha value is -2.29. The Morgan fingerprint density at radius 1 is 1.19 bits per heavy atom. The van der Waals surface area contributed by atoms with Crippen molar-refractivity contribution < 1.29 is 9.13 Å². The fourth-order valence-electron chi connectivity index (χ4n) is 3.86. The van der Waals surface area contributed by atoms with E-state index < -0.39 is 0 Å². The van der Waals surface area contributed by atoms with Gasteiger partial charge in [0.1, 0.15) is 15.7 Å². The molecule has 0 radical (unpaired) electrons. The number of thioether (sulfide) groups is 1. The van der Waals surface area contributed by atoms with Crippen LogP contribution in [0.5, 0.6) is 0 Å². The maximum absolute atomic E-state index is 13.3. The topological polar surface area (TPSA) is 52.8 Å². The molecule has 0 saturated carbocycles. The summed E-state index contributed by atoms with van der Waals surface area (Å²) in [7, 11) is 0. The number of thiophene rings is 1. The highest BCUT2D eigenvalue weighted by Crippen LogP contribution is 2.42. The molecule has 8 heteroatoms. The summed E-state index contributed by atoms with van der Waals surface area (Å²) in [6.45, 7) is 8.82. The van der Waals surface area contributed by atoms with E-state index in [-0.39, 0.29) is 11.4 Å². The van der Waals surface area contributed by atoms with Crippen LogP contribution in [0.15, 0.2) is 35.4 Å². The number of ether oxygens (including phenoxy) is 1. The second-order valence-corrected chi connectivity index (χ2v) is 10.5. The van der Waals surface area contributed by atoms with Crippen molar-refractivity contribution in [1.29, 1.82) is 0 Å². The first-order valence-electron chi connectivity index (χ1n) is 10.2. The van der Waals surface area contributed by atoms with E-state index in [0.29, 0.717) is 18.3 Å². The summed E-state index contributed by atoms with van der Waals surface area (Å²) in [6, 6.07) is 8.66. The summed E-state index contributed by atoms with van der Waals surface area (Å²) in [4.78, 5) is 12.0. The molecule has 4 aromatic rings. The second kappa shape index (κ2) is 7.69. The van der Waals surface area contributed by atoms with E-state index in [9.17, 15) is 4.39 Å². The predicted molar refractivity (Wildman–Crippen MR) is 123 cm³/mol. The zero-order valence-electron chi connectivity index (χ0n) is 17.9. The molecule has 0 N–H and O–H groups in total. The van der Waals surface area contributed by atoms with Crippen molar-refractivity contribution in [2.24, 2.45) is 0 Å². The van der Waals surface area contributed by atoms with Gasteiger partial charge in [0.25, 0.3) is 5.95 Å². The molecule has 0 fully saturated rings. The smallest absolute Gasteiger partial charge is 0.253 e. The Kier molecular flexibility index (Phi) is 5.11. The highest BCUT2D eigenvalue weighted by molar-refractivity contribution is 7.98. The van der Waals surface area contributed by atoms with Crippen LogP contribution >= 0.6 is 23.1 Å². The second-order valence-electron chi connectivity index (χ2n) is 8.49. The predicted octanol–water partition coefficient (Wildman–Crippen LogP) is 5.78. The Morgan fingerprint density at radius 3 is 2.68 bits per heavy atom. The molecule has 4 heterocycles. The molecule has 31 heavy (non-hydrogen) atoms. The molecule has 0 aliphatic carbocycles. The van der Waals surface area contributed by atoms with Crippen molar-refractivity contribution in [3.8, 4) is 5.95 Å². The fraction of sp³-hybridized carbons (Fsp3) is 0.348. The zero-order chi connectivity index (χ0) is 21.8. The lowest BCUT2D eigenvalue weighted by Crippen LogP contribution is -2.31. The van der Waals surface area contributed by atoms with Gasteiger partial charge in [-0.1, -0.05) is 12.1 Å². The first kappa shape index (κ1) is 20.6. The Bertz CT molecular complexity index is 1280. The van der Waals surface area contributed by atoms with Crippen LogP contribution in [0.3, 0.4) is 0 Å². The number of aryl methyl sites for hydroxylation is 2. The number of benzene rings is 1. The van der Waals surface area contributed by atoms with E-state index in [1.807, 2.05) is 32.0 Å². The van der Waals surface area contributed by atoms with Crippen LogP contribution in [-0.4, -0.2) is 25.3 Å². The highest BCUT2D eigenvalue weighted by Gasteiger charge is 2.31. The number of aromatic nitrogens is 4. The van der Waals surface area contributed by atoms with Crippen molar-refractivity contribution in [3.05, 3.63) is 63.5 Å². The Morgan fingerprint density at radius 2 is 1.97 bits per heavy atom. The van der Waals surface area contributed by atoms with Crippen LogP contribution in [0.25, 0.3) is 16.2 Å². The Labute approximate surface area is 188 Å². The molecule has 0 unspecified atom stereocenters. The third-order valence-electron chi connectivity index (χ3n) is 5.37. The first-order chi connectivity index (χ1) is 14.8. The quantitative estimate of drug-likeness (QED) is 0.289. The van der Waals surface area contributed by atoms with Gasteiger partial charge in [0.15, 0.2) is 0 Å². The normalized spacial score (nSPS) is 15.4. The molecule has 0 atom stereocenters. The first-order valence-corrected chi connectivity index (χ1v) is 12.0. The monoisotopic (exact) mass is 454 g/mol. The minimum absolute atomic E-state index is 0.214. The van der Waals surface area contributed by atoms with Gasteiger partial charge in [0.05, 0.1) is 17.9 Å². The average Bonchev–Trinajstić information content (AvgIpc) is 3.25.